The molecule has 0 radical (unpaired) electrons. The van der Waals surface area contributed by atoms with E-state index in [0.717, 1.165) is 5.56 Å². The van der Waals surface area contributed by atoms with Gasteiger partial charge in [0.15, 0.2) is 0 Å². The number of hydrogen-bond acceptors (Lipinski definition) is 3. The molecule has 0 bridgehead atoms. The normalized spacial score (nSPS) is 15.4. The molecule has 2 atom stereocenters. The van der Waals surface area contributed by atoms with Crippen LogP contribution in [0, 0.1) is 0 Å². The Hall–Kier alpha value is -2.40. The summed E-state index contributed by atoms with van der Waals surface area (Å²) in [4.78, 5) is 0. The van der Waals surface area contributed by atoms with E-state index in [1.165, 1.54) is 32.6 Å². The summed E-state index contributed by atoms with van der Waals surface area (Å²) in [7, 11) is 2.10. The Morgan fingerprint density at radius 3 is 2.52 bits per heavy atom. The van der Waals surface area contributed by atoms with Crippen molar-refractivity contribution in [1.82, 2.24) is 9.88 Å². The Kier molecular flexibility index (Phi) is 4.42. The summed E-state index contributed by atoms with van der Waals surface area (Å²) in [5, 5.41) is 27.9. The number of nitrogens with zero attached hydrogens (tertiary/aromatic N) is 1. The molecule has 0 saturated carbocycles. The lowest BCUT2D eigenvalue weighted by Crippen LogP contribution is -2.53. The summed E-state index contributed by atoms with van der Waals surface area (Å²) in [5.41, 5.74) is 2.83. The van der Waals surface area contributed by atoms with Crippen LogP contribution in [0.4, 0.5) is 0 Å². The van der Waals surface area contributed by atoms with Crippen molar-refractivity contribution in [2.75, 3.05) is 6.61 Å². The van der Waals surface area contributed by atoms with E-state index >= 15 is 0 Å². The summed E-state index contributed by atoms with van der Waals surface area (Å²) in [6.07, 6.45) is -0.646. The van der Waals surface area contributed by atoms with Crippen LogP contribution in [0.5, 0.6) is 0 Å². The minimum Gasteiger partial charge on any atom is -0.394 e. The van der Waals surface area contributed by atoms with Gasteiger partial charge in [-0.3, -0.25) is 0 Å². The molecule has 0 fully saturated rings. The number of aliphatic hydroxyl groups excluding tert-OH is 2. The van der Waals surface area contributed by atoms with E-state index in [0.29, 0.717) is 6.54 Å². The van der Waals surface area contributed by atoms with Crippen molar-refractivity contribution in [3.8, 4) is 0 Å². The van der Waals surface area contributed by atoms with Gasteiger partial charge in [0.05, 0.1) is 18.2 Å². The second-order valence-corrected chi connectivity index (χ2v) is 7.70. The molecule has 3 N–H and O–H groups in total. The molecule has 4 nitrogen and oxygen atoms in total. The van der Waals surface area contributed by atoms with E-state index in [1.807, 2.05) is 6.92 Å². The molecule has 4 heteroatoms. The highest BCUT2D eigenvalue weighted by Gasteiger charge is 2.28. The first-order valence-electron chi connectivity index (χ1n) is 9.37. The van der Waals surface area contributed by atoms with Gasteiger partial charge in [0.25, 0.3) is 0 Å². The fourth-order valence-electron chi connectivity index (χ4n) is 3.78. The Labute approximate surface area is 159 Å². The van der Waals surface area contributed by atoms with Gasteiger partial charge in [-0.1, -0.05) is 36.4 Å². The number of hydrogen-bond donors (Lipinski definition) is 3. The third-order valence-corrected chi connectivity index (χ3v) is 5.91. The molecular weight excluding hydrogens is 336 g/mol. The van der Waals surface area contributed by atoms with E-state index in [2.05, 4.69) is 71.5 Å². The van der Waals surface area contributed by atoms with E-state index < -0.39 is 11.6 Å². The lowest BCUT2D eigenvalue weighted by molar-refractivity contribution is 0.0404. The lowest BCUT2D eigenvalue weighted by Gasteiger charge is -2.31. The zero-order chi connectivity index (χ0) is 19.2. The average molecular weight is 362 g/mol. The highest BCUT2D eigenvalue weighted by Crippen LogP contribution is 2.34. The summed E-state index contributed by atoms with van der Waals surface area (Å²) in [5.74, 6) is 0. The van der Waals surface area contributed by atoms with Gasteiger partial charge in [0.2, 0.25) is 0 Å². The van der Waals surface area contributed by atoms with Crippen LogP contribution < -0.4 is 5.32 Å². The third-order valence-electron chi connectivity index (χ3n) is 5.91. The maximum atomic E-state index is 9.96. The fourth-order valence-corrected chi connectivity index (χ4v) is 3.78. The molecule has 0 unspecified atom stereocenters. The molecule has 0 aliphatic rings. The van der Waals surface area contributed by atoms with Gasteiger partial charge in [-0.05, 0) is 48.4 Å². The molecule has 27 heavy (non-hydrogen) atoms. The van der Waals surface area contributed by atoms with Crippen LogP contribution in [0.2, 0.25) is 0 Å². The van der Waals surface area contributed by atoms with E-state index in [9.17, 15) is 10.2 Å². The molecule has 0 saturated heterocycles. The van der Waals surface area contributed by atoms with Crippen LogP contribution in [-0.2, 0) is 13.6 Å². The molecular formula is C23H26N2O2. The third kappa shape index (κ3) is 2.90. The number of benzene rings is 3. The fraction of sp³-hybridized carbons (Fsp3) is 0.304. The van der Waals surface area contributed by atoms with Crippen molar-refractivity contribution in [3.05, 3.63) is 60.2 Å². The van der Waals surface area contributed by atoms with Gasteiger partial charge in [-0.2, -0.15) is 0 Å². The highest BCUT2D eigenvalue weighted by molar-refractivity contribution is 6.20. The molecule has 0 aliphatic heterocycles. The van der Waals surface area contributed by atoms with Crippen LogP contribution in [0.15, 0.2) is 54.6 Å². The number of nitrogens with one attached hydrogen (secondary N) is 1. The lowest BCUT2D eigenvalue weighted by atomic mass is 9.96. The van der Waals surface area contributed by atoms with Crippen LogP contribution >= 0.6 is 0 Å². The monoisotopic (exact) mass is 362 g/mol. The second kappa shape index (κ2) is 6.64. The van der Waals surface area contributed by atoms with Crippen molar-refractivity contribution in [2.45, 2.75) is 32.0 Å². The smallest absolute Gasteiger partial charge is 0.0713 e. The molecule has 1 aromatic heterocycles. The zero-order valence-corrected chi connectivity index (χ0v) is 16.0. The largest absolute Gasteiger partial charge is 0.394 e. The number of aromatic nitrogens is 1. The summed E-state index contributed by atoms with van der Waals surface area (Å²) in [6.45, 7) is 4.00. The van der Waals surface area contributed by atoms with Crippen molar-refractivity contribution in [3.63, 3.8) is 0 Å². The predicted molar refractivity (Wildman–Crippen MR) is 112 cm³/mol. The predicted octanol–water partition coefficient (Wildman–Crippen LogP) is 3.71. The summed E-state index contributed by atoms with van der Waals surface area (Å²) >= 11 is 0. The molecule has 0 spiro atoms. The van der Waals surface area contributed by atoms with Gasteiger partial charge in [-0.15, -0.1) is 0 Å². The number of rotatable bonds is 5. The molecule has 1 heterocycles. The minimum absolute atomic E-state index is 0.119. The Morgan fingerprint density at radius 1 is 1.04 bits per heavy atom. The van der Waals surface area contributed by atoms with E-state index in [-0.39, 0.29) is 6.61 Å². The maximum absolute atomic E-state index is 9.96. The van der Waals surface area contributed by atoms with Gasteiger partial charge < -0.3 is 20.1 Å². The van der Waals surface area contributed by atoms with Crippen LogP contribution in [0.1, 0.15) is 19.4 Å². The van der Waals surface area contributed by atoms with E-state index in [4.69, 9.17) is 0 Å². The second-order valence-electron chi connectivity index (χ2n) is 7.70. The molecule has 4 aromatic rings. The highest BCUT2D eigenvalue weighted by atomic mass is 16.3. The van der Waals surface area contributed by atoms with Gasteiger partial charge in [0.1, 0.15) is 0 Å². The first kappa shape index (κ1) is 18.0. The molecule has 140 valence electrons. The number of fused-ring (bicyclic) bond motifs is 5. The standard InChI is InChI=1S/C23H26N2O2/c1-15(27)23(2,14-26)24-13-16-8-10-20-19(12-16)22-18-7-5-4-6-17(18)9-11-21(22)25(20)3/h4-12,15,24,26-27H,13-14H2,1-3H3/t15-,23+/m0/s1. The van der Waals surface area contributed by atoms with Crippen LogP contribution in [0.25, 0.3) is 32.6 Å². The van der Waals surface area contributed by atoms with E-state index in [1.54, 1.807) is 6.92 Å². The first-order chi connectivity index (χ1) is 12.9. The maximum Gasteiger partial charge on any atom is 0.0713 e. The topological polar surface area (TPSA) is 57.4 Å². The molecule has 0 amide bonds. The molecule has 0 aliphatic carbocycles. The summed E-state index contributed by atoms with van der Waals surface area (Å²) in [6, 6.07) is 19.3. The molecule has 4 rings (SSSR count). The number of aryl methyl sites for hydroxylation is 1. The number of aliphatic hydroxyl groups is 2. The quantitative estimate of drug-likeness (QED) is 0.507. The Bertz CT molecular complexity index is 1130. The molecule has 3 aromatic carbocycles. The summed E-state index contributed by atoms with van der Waals surface area (Å²) < 4.78 is 2.24. The van der Waals surface area contributed by atoms with Crippen molar-refractivity contribution < 1.29 is 10.2 Å². The average Bonchev–Trinajstić information content (AvgIpc) is 2.98. The van der Waals surface area contributed by atoms with Crippen LogP contribution in [0.3, 0.4) is 0 Å². The van der Waals surface area contributed by atoms with Crippen molar-refractivity contribution in [2.24, 2.45) is 7.05 Å². The van der Waals surface area contributed by atoms with Gasteiger partial charge in [-0.25, -0.2) is 0 Å². The van der Waals surface area contributed by atoms with Gasteiger partial charge >= 0.3 is 0 Å². The zero-order valence-electron chi connectivity index (χ0n) is 16.0. The minimum atomic E-state index is -0.722. The van der Waals surface area contributed by atoms with Crippen molar-refractivity contribution in [1.29, 1.82) is 0 Å². The Balaban J connectivity index is 1.84. The van der Waals surface area contributed by atoms with Gasteiger partial charge in [0, 0.05) is 35.4 Å². The van der Waals surface area contributed by atoms with Crippen molar-refractivity contribution >= 4 is 32.6 Å². The van der Waals surface area contributed by atoms with Crippen LogP contribution in [-0.4, -0.2) is 33.0 Å². The SMILES string of the molecule is C[C@H](O)[C@@](C)(CO)NCc1ccc2c(c1)c1c3ccccc3ccc1n2C. The first-order valence-corrected chi connectivity index (χ1v) is 9.37. The Morgan fingerprint density at radius 2 is 1.78 bits per heavy atom.